The molecule has 160 valence electrons. The standard InChI is InChI=1S/C25H33N3O2/c1-16(19-10-6-5-7-11-19)28-18(3)24(20-12-8-9-13-22(20)28)25(30)26-14-21-17(2)27(4)15-23(21)29/h8-9,12-13,16,19H,5-7,10-11,14-15H2,1-4H3,(H,26,30). The number of nitrogens with one attached hydrogen (secondary N) is 1. The van der Waals surface area contributed by atoms with Crippen LogP contribution in [-0.2, 0) is 4.79 Å². The molecule has 1 atom stereocenters. The zero-order valence-corrected chi connectivity index (χ0v) is 18.6. The number of hydrogen-bond donors (Lipinski definition) is 1. The van der Waals surface area contributed by atoms with E-state index in [4.69, 9.17) is 0 Å². The Kier molecular flexibility index (Phi) is 5.72. The van der Waals surface area contributed by atoms with E-state index < -0.39 is 0 Å². The van der Waals surface area contributed by atoms with Crippen LogP contribution in [0.1, 0.15) is 68.0 Å². The molecule has 1 unspecified atom stereocenters. The van der Waals surface area contributed by atoms with Crippen LogP contribution in [0.5, 0.6) is 0 Å². The molecular formula is C25H33N3O2. The summed E-state index contributed by atoms with van der Waals surface area (Å²) in [6.45, 7) is 6.99. The van der Waals surface area contributed by atoms with Crippen LogP contribution in [0.25, 0.3) is 10.9 Å². The minimum Gasteiger partial charge on any atom is -0.370 e. The van der Waals surface area contributed by atoms with Gasteiger partial charge in [-0.3, -0.25) is 9.59 Å². The maximum Gasteiger partial charge on any atom is 0.254 e. The van der Waals surface area contributed by atoms with Gasteiger partial charge in [-0.25, -0.2) is 0 Å². The van der Waals surface area contributed by atoms with Crippen LogP contribution >= 0.6 is 0 Å². The van der Waals surface area contributed by atoms with Crippen LogP contribution in [0.2, 0.25) is 0 Å². The van der Waals surface area contributed by atoms with Gasteiger partial charge in [-0.1, -0.05) is 37.5 Å². The van der Waals surface area contributed by atoms with E-state index in [-0.39, 0.29) is 18.2 Å². The molecule has 1 aromatic carbocycles. The molecule has 2 aromatic rings. The third kappa shape index (κ3) is 3.55. The summed E-state index contributed by atoms with van der Waals surface area (Å²) < 4.78 is 2.37. The first-order chi connectivity index (χ1) is 14.4. The van der Waals surface area contributed by atoms with Gasteiger partial charge >= 0.3 is 0 Å². The van der Waals surface area contributed by atoms with E-state index in [1.165, 1.54) is 32.1 Å². The quantitative estimate of drug-likeness (QED) is 0.787. The average Bonchev–Trinajstić information content (AvgIpc) is 3.18. The highest BCUT2D eigenvalue weighted by Gasteiger charge is 2.28. The van der Waals surface area contributed by atoms with E-state index in [1.807, 2.05) is 31.0 Å². The molecule has 0 radical (unpaired) electrons. The molecule has 4 rings (SSSR count). The molecular weight excluding hydrogens is 374 g/mol. The molecule has 2 aliphatic rings. The van der Waals surface area contributed by atoms with Crippen molar-refractivity contribution in [2.45, 2.75) is 58.9 Å². The normalized spacial score (nSPS) is 19.1. The van der Waals surface area contributed by atoms with Gasteiger partial charge in [-0.15, -0.1) is 0 Å². The Balaban J connectivity index is 1.65. The summed E-state index contributed by atoms with van der Waals surface area (Å²) in [6, 6.07) is 8.58. The molecule has 1 N–H and O–H groups in total. The Morgan fingerprint density at radius 1 is 1.17 bits per heavy atom. The number of rotatable bonds is 5. The second kappa shape index (κ2) is 8.29. The van der Waals surface area contributed by atoms with Crippen LogP contribution in [0.15, 0.2) is 35.5 Å². The van der Waals surface area contributed by atoms with E-state index in [9.17, 15) is 9.59 Å². The van der Waals surface area contributed by atoms with Crippen molar-refractivity contribution in [3.63, 3.8) is 0 Å². The first-order valence-electron chi connectivity index (χ1n) is 11.2. The minimum atomic E-state index is -0.0963. The molecule has 1 amide bonds. The van der Waals surface area contributed by atoms with Gasteiger partial charge in [0, 0.05) is 47.5 Å². The number of Topliss-reactive ketones (excluding diaryl/α,β-unsaturated/α-hetero) is 1. The van der Waals surface area contributed by atoms with Gasteiger partial charge in [-0.05, 0) is 45.6 Å². The van der Waals surface area contributed by atoms with Crippen molar-refractivity contribution in [2.24, 2.45) is 5.92 Å². The lowest BCUT2D eigenvalue weighted by atomic mass is 9.84. The first-order valence-corrected chi connectivity index (χ1v) is 11.2. The number of fused-ring (bicyclic) bond motifs is 1. The van der Waals surface area contributed by atoms with Crippen LogP contribution in [0, 0.1) is 12.8 Å². The smallest absolute Gasteiger partial charge is 0.254 e. The molecule has 1 aliphatic heterocycles. The third-order valence-electron chi connectivity index (χ3n) is 7.27. The summed E-state index contributed by atoms with van der Waals surface area (Å²) in [5.74, 6) is 0.657. The SMILES string of the molecule is CC1=C(CNC(=O)c2c(C)n(C(C)C3CCCCC3)c3ccccc23)C(=O)CN1C. The molecule has 30 heavy (non-hydrogen) atoms. The maximum absolute atomic E-state index is 13.3. The molecule has 2 heterocycles. The van der Waals surface area contributed by atoms with Crippen molar-refractivity contribution in [3.8, 4) is 0 Å². The molecule has 1 aromatic heterocycles. The predicted octanol–water partition coefficient (Wildman–Crippen LogP) is 4.61. The van der Waals surface area contributed by atoms with E-state index >= 15 is 0 Å². The van der Waals surface area contributed by atoms with E-state index in [2.05, 4.69) is 35.9 Å². The Bertz CT molecular complexity index is 1010. The summed E-state index contributed by atoms with van der Waals surface area (Å²) in [6.07, 6.45) is 6.47. The Morgan fingerprint density at radius 2 is 1.87 bits per heavy atom. The second-order valence-corrected chi connectivity index (χ2v) is 9.01. The highest BCUT2D eigenvalue weighted by molar-refractivity contribution is 6.09. The number of benzene rings is 1. The average molecular weight is 408 g/mol. The number of allylic oxidation sites excluding steroid dienone is 1. The van der Waals surface area contributed by atoms with Crippen molar-refractivity contribution in [1.29, 1.82) is 0 Å². The van der Waals surface area contributed by atoms with Gasteiger partial charge in [0.25, 0.3) is 5.91 Å². The fraction of sp³-hybridized carbons (Fsp3) is 0.520. The number of nitrogens with zero attached hydrogens (tertiary/aromatic N) is 2. The number of likely N-dealkylation sites (N-methyl/N-ethyl adjacent to an activating group) is 1. The predicted molar refractivity (Wildman–Crippen MR) is 121 cm³/mol. The van der Waals surface area contributed by atoms with Gasteiger partial charge < -0.3 is 14.8 Å². The molecule has 1 aliphatic carbocycles. The minimum absolute atomic E-state index is 0.0963. The summed E-state index contributed by atoms with van der Waals surface area (Å²) in [5, 5.41) is 4.03. The summed E-state index contributed by atoms with van der Waals surface area (Å²) in [5.41, 5.74) is 4.55. The highest BCUT2D eigenvalue weighted by Crippen LogP contribution is 2.37. The Morgan fingerprint density at radius 3 is 2.53 bits per heavy atom. The Hall–Kier alpha value is -2.56. The van der Waals surface area contributed by atoms with Crippen molar-refractivity contribution in [2.75, 3.05) is 20.1 Å². The summed E-state index contributed by atoms with van der Waals surface area (Å²) in [7, 11) is 1.91. The van der Waals surface area contributed by atoms with Crippen LogP contribution in [-0.4, -0.2) is 41.3 Å². The highest BCUT2D eigenvalue weighted by atomic mass is 16.2. The van der Waals surface area contributed by atoms with Crippen LogP contribution < -0.4 is 5.32 Å². The molecule has 5 nitrogen and oxygen atoms in total. The van der Waals surface area contributed by atoms with Crippen molar-refractivity contribution in [3.05, 3.63) is 46.8 Å². The second-order valence-electron chi connectivity index (χ2n) is 9.01. The first kappa shape index (κ1) is 20.7. The van der Waals surface area contributed by atoms with Gasteiger partial charge in [-0.2, -0.15) is 0 Å². The van der Waals surface area contributed by atoms with Crippen LogP contribution in [0.4, 0.5) is 0 Å². The molecule has 1 saturated carbocycles. The topological polar surface area (TPSA) is 54.3 Å². The van der Waals surface area contributed by atoms with Crippen molar-refractivity contribution < 1.29 is 9.59 Å². The lowest BCUT2D eigenvalue weighted by Crippen LogP contribution is -2.28. The van der Waals surface area contributed by atoms with Crippen molar-refractivity contribution >= 4 is 22.6 Å². The summed E-state index contributed by atoms with van der Waals surface area (Å²) >= 11 is 0. The number of carbonyl (C=O) groups excluding carboxylic acids is 2. The number of carbonyl (C=O) groups is 2. The number of para-hydroxylation sites is 1. The number of ketones is 1. The zero-order chi connectivity index (χ0) is 21.4. The largest absolute Gasteiger partial charge is 0.370 e. The van der Waals surface area contributed by atoms with Gasteiger partial charge in [0.05, 0.1) is 12.1 Å². The van der Waals surface area contributed by atoms with Crippen molar-refractivity contribution in [1.82, 2.24) is 14.8 Å². The number of hydrogen-bond acceptors (Lipinski definition) is 3. The van der Waals surface area contributed by atoms with E-state index in [0.717, 1.165) is 27.9 Å². The lowest BCUT2D eigenvalue weighted by molar-refractivity contribution is -0.114. The molecule has 0 bridgehead atoms. The fourth-order valence-corrected chi connectivity index (χ4v) is 5.38. The lowest BCUT2D eigenvalue weighted by Gasteiger charge is -2.30. The van der Waals surface area contributed by atoms with Gasteiger partial charge in [0.1, 0.15) is 0 Å². The van der Waals surface area contributed by atoms with E-state index in [1.54, 1.807) is 0 Å². The monoisotopic (exact) mass is 407 g/mol. The fourth-order valence-electron chi connectivity index (χ4n) is 5.38. The number of amides is 1. The van der Waals surface area contributed by atoms with Gasteiger partial charge in [0.15, 0.2) is 5.78 Å². The Labute approximate surface area is 179 Å². The number of aromatic nitrogens is 1. The molecule has 0 spiro atoms. The summed E-state index contributed by atoms with van der Waals surface area (Å²) in [4.78, 5) is 27.4. The molecule has 1 fully saturated rings. The maximum atomic E-state index is 13.3. The van der Waals surface area contributed by atoms with Gasteiger partial charge in [0.2, 0.25) is 0 Å². The molecule has 5 heteroatoms. The van der Waals surface area contributed by atoms with Crippen LogP contribution in [0.3, 0.4) is 0 Å². The van der Waals surface area contributed by atoms with E-state index in [0.29, 0.717) is 24.1 Å². The zero-order valence-electron chi connectivity index (χ0n) is 18.6. The third-order valence-corrected chi connectivity index (χ3v) is 7.27. The molecule has 0 saturated heterocycles.